The maximum atomic E-state index is 12.1. The summed E-state index contributed by atoms with van der Waals surface area (Å²) >= 11 is 0. The number of nitrogens with zero attached hydrogens (tertiary/aromatic N) is 1. The number of nitrogens with one attached hydrogen (secondary N) is 1. The van der Waals surface area contributed by atoms with Gasteiger partial charge in [0.1, 0.15) is 0 Å². The van der Waals surface area contributed by atoms with Crippen LogP contribution in [0.3, 0.4) is 0 Å². The molecule has 0 fully saturated rings. The first kappa shape index (κ1) is 14.4. The number of imide groups is 1. The molecule has 7 nitrogen and oxygen atoms in total. The van der Waals surface area contributed by atoms with E-state index in [0.29, 0.717) is 22.2 Å². The van der Waals surface area contributed by atoms with E-state index in [1.807, 2.05) is 11.4 Å². The van der Waals surface area contributed by atoms with Crippen LogP contribution in [0.15, 0.2) is 30.3 Å². The second kappa shape index (κ2) is 6.00. The molecule has 1 aromatic heterocycles. The van der Waals surface area contributed by atoms with Gasteiger partial charge in [-0.05, 0) is 19.1 Å². The number of urea groups is 1. The summed E-state index contributed by atoms with van der Waals surface area (Å²) in [4.78, 5) is 38.1. The van der Waals surface area contributed by atoms with Gasteiger partial charge >= 0.3 is 12.0 Å². The van der Waals surface area contributed by atoms with Crippen LogP contribution in [0.1, 0.15) is 16.1 Å². The van der Waals surface area contributed by atoms with Crippen molar-refractivity contribution >= 4 is 28.8 Å². The molecule has 0 spiro atoms. The van der Waals surface area contributed by atoms with Crippen molar-refractivity contribution in [1.82, 2.24) is 10.3 Å². The Balaban J connectivity index is 2.20. The summed E-state index contributed by atoms with van der Waals surface area (Å²) in [6.45, 7) is 1.17. The first-order valence-corrected chi connectivity index (χ1v) is 6.10. The van der Waals surface area contributed by atoms with Crippen LogP contribution in [0.5, 0.6) is 0 Å². The SMILES string of the molecule is Cc1cc(C(=O)OCC(=O)NC(N)=O)c2ccccc2n1. The van der Waals surface area contributed by atoms with Crippen molar-refractivity contribution in [1.29, 1.82) is 0 Å². The van der Waals surface area contributed by atoms with Crippen LogP contribution in [-0.4, -0.2) is 29.5 Å². The summed E-state index contributed by atoms with van der Waals surface area (Å²) in [5.74, 6) is -1.46. The Kier molecular flexibility index (Phi) is 4.13. The van der Waals surface area contributed by atoms with E-state index in [4.69, 9.17) is 10.5 Å². The minimum Gasteiger partial charge on any atom is -0.452 e. The molecular weight excluding hydrogens is 274 g/mol. The first-order chi connectivity index (χ1) is 9.97. The average Bonchev–Trinajstić information content (AvgIpc) is 2.43. The number of aryl methyl sites for hydroxylation is 1. The molecule has 2 aromatic rings. The lowest BCUT2D eigenvalue weighted by molar-refractivity contribution is -0.123. The zero-order chi connectivity index (χ0) is 15.4. The molecule has 1 aromatic carbocycles. The highest BCUT2D eigenvalue weighted by Crippen LogP contribution is 2.18. The number of carbonyl (C=O) groups is 3. The number of amides is 3. The Labute approximate surface area is 120 Å². The highest BCUT2D eigenvalue weighted by Gasteiger charge is 2.15. The molecule has 7 heteroatoms. The number of esters is 1. The van der Waals surface area contributed by atoms with Gasteiger partial charge in [-0.25, -0.2) is 9.59 Å². The van der Waals surface area contributed by atoms with Crippen LogP contribution in [-0.2, 0) is 9.53 Å². The zero-order valence-corrected chi connectivity index (χ0v) is 11.3. The van der Waals surface area contributed by atoms with Crippen LogP contribution in [0.25, 0.3) is 10.9 Å². The number of primary amides is 1. The lowest BCUT2D eigenvalue weighted by atomic mass is 10.1. The number of fused-ring (bicyclic) bond motifs is 1. The topological polar surface area (TPSA) is 111 Å². The van der Waals surface area contributed by atoms with Crippen molar-refractivity contribution in [2.75, 3.05) is 6.61 Å². The van der Waals surface area contributed by atoms with E-state index in [0.717, 1.165) is 0 Å². The van der Waals surface area contributed by atoms with E-state index >= 15 is 0 Å². The maximum absolute atomic E-state index is 12.1. The van der Waals surface area contributed by atoms with Gasteiger partial charge in [-0.1, -0.05) is 18.2 Å². The van der Waals surface area contributed by atoms with E-state index < -0.39 is 24.5 Å². The lowest BCUT2D eigenvalue weighted by Gasteiger charge is -2.08. The van der Waals surface area contributed by atoms with E-state index in [1.54, 1.807) is 31.2 Å². The molecule has 0 atom stereocenters. The number of rotatable bonds is 3. The number of hydrogen-bond donors (Lipinski definition) is 2. The molecule has 0 aliphatic rings. The first-order valence-electron chi connectivity index (χ1n) is 6.10. The maximum Gasteiger partial charge on any atom is 0.339 e. The predicted molar refractivity (Wildman–Crippen MR) is 74.5 cm³/mol. The van der Waals surface area contributed by atoms with Crippen LogP contribution >= 0.6 is 0 Å². The second-order valence-electron chi connectivity index (χ2n) is 4.32. The number of aromatic nitrogens is 1. The fraction of sp³-hybridized carbons (Fsp3) is 0.143. The fourth-order valence-electron chi connectivity index (χ4n) is 1.86. The molecule has 108 valence electrons. The second-order valence-corrected chi connectivity index (χ2v) is 4.32. The van der Waals surface area contributed by atoms with Crippen LogP contribution < -0.4 is 11.1 Å². The third kappa shape index (κ3) is 3.53. The van der Waals surface area contributed by atoms with Gasteiger partial charge in [0, 0.05) is 11.1 Å². The van der Waals surface area contributed by atoms with Gasteiger partial charge in [0.15, 0.2) is 6.61 Å². The predicted octanol–water partition coefficient (Wildman–Crippen LogP) is 0.895. The third-order valence-electron chi connectivity index (χ3n) is 2.66. The molecule has 0 radical (unpaired) electrons. The molecule has 3 N–H and O–H groups in total. The summed E-state index contributed by atoms with van der Waals surface area (Å²) in [6.07, 6.45) is 0. The fourth-order valence-corrected chi connectivity index (χ4v) is 1.86. The van der Waals surface area contributed by atoms with E-state index in [-0.39, 0.29) is 0 Å². The normalized spacial score (nSPS) is 10.1. The lowest BCUT2D eigenvalue weighted by Crippen LogP contribution is -2.37. The van der Waals surface area contributed by atoms with E-state index in [1.165, 1.54) is 0 Å². The van der Waals surface area contributed by atoms with Crippen molar-refractivity contribution in [3.8, 4) is 0 Å². The van der Waals surface area contributed by atoms with E-state index in [9.17, 15) is 14.4 Å². The number of ether oxygens (including phenoxy) is 1. The summed E-state index contributed by atoms with van der Waals surface area (Å²) in [5.41, 5.74) is 6.41. The van der Waals surface area contributed by atoms with Crippen LogP contribution in [0.4, 0.5) is 4.79 Å². The summed E-state index contributed by atoms with van der Waals surface area (Å²) in [5, 5.41) is 2.44. The minimum atomic E-state index is -0.999. The Bertz CT molecular complexity index is 727. The van der Waals surface area contributed by atoms with Crippen molar-refractivity contribution < 1.29 is 19.1 Å². The zero-order valence-electron chi connectivity index (χ0n) is 11.3. The smallest absolute Gasteiger partial charge is 0.339 e. The molecule has 1 heterocycles. The monoisotopic (exact) mass is 287 g/mol. The number of hydrogen-bond acceptors (Lipinski definition) is 5. The summed E-state index contributed by atoms with van der Waals surface area (Å²) in [6, 6.07) is 7.68. The van der Waals surface area contributed by atoms with Gasteiger partial charge in [0.05, 0.1) is 11.1 Å². The molecule has 2 rings (SSSR count). The molecule has 3 amide bonds. The molecule has 0 saturated heterocycles. The molecule has 0 saturated carbocycles. The molecule has 21 heavy (non-hydrogen) atoms. The third-order valence-corrected chi connectivity index (χ3v) is 2.66. The summed E-state index contributed by atoms with van der Waals surface area (Å²) in [7, 11) is 0. The highest BCUT2D eigenvalue weighted by atomic mass is 16.5. The average molecular weight is 287 g/mol. The Morgan fingerprint density at radius 1 is 1.29 bits per heavy atom. The standard InChI is InChI=1S/C14H13N3O4/c1-8-6-10(9-4-2-3-5-11(9)16-8)13(19)21-7-12(18)17-14(15)20/h2-6H,7H2,1H3,(H3,15,17,18,20). The van der Waals surface area contributed by atoms with Gasteiger partial charge < -0.3 is 10.5 Å². The van der Waals surface area contributed by atoms with Gasteiger partial charge in [0.25, 0.3) is 5.91 Å². The van der Waals surface area contributed by atoms with Gasteiger partial charge in [-0.15, -0.1) is 0 Å². The Morgan fingerprint density at radius 3 is 2.71 bits per heavy atom. The largest absolute Gasteiger partial charge is 0.452 e. The highest BCUT2D eigenvalue weighted by molar-refractivity contribution is 6.04. The van der Waals surface area contributed by atoms with Crippen LogP contribution in [0.2, 0.25) is 0 Å². The van der Waals surface area contributed by atoms with Crippen molar-refractivity contribution in [2.45, 2.75) is 6.92 Å². The van der Waals surface area contributed by atoms with Crippen LogP contribution in [0, 0.1) is 6.92 Å². The van der Waals surface area contributed by atoms with Gasteiger partial charge in [0.2, 0.25) is 0 Å². The molecule has 0 unspecified atom stereocenters. The molecule has 0 aliphatic carbocycles. The van der Waals surface area contributed by atoms with Gasteiger partial charge in [-0.3, -0.25) is 15.1 Å². The number of nitrogens with two attached hydrogens (primary N) is 1. The Hall–Kier alpha value is -2.96. The number of carbonyl (C=O) groups excluding carboxylic acids is 3. The van der Waals surface area contributed by atoms with E-state index in [2.05, 4.69) is 4.98 Å². The number of benzene rings is 1. The summed E-state index contributed by atoms with van der Waals surface area (Å²) < 4.78 is 4.87. The molecule has 0 aliphatic heterocycles. The molecule has 0 bridgehead atoms. The quantitative estimate of drug-likeness (QED) is 0.814. The molecular formula is C14H13N3O4. The Morgan fingerprint density at radius 2 is 2.00 bits per heavy atom. The van der Waals surface area contributed by atoms with Crippen molar-refractivity contribution in [2.24, 2.45) is 5.73 Å². The number of pyridine rings is 1. The van der Waals surface area contributed by atoms with Crippen molar-refractivity contribution in [3.05, 3.63) is 41.6 Å². The van der Waals surface area contributed by atoms with Crippen molar-refractivity contribution in [3.63, 3.8) is 0 Å². The van der Waals surface area contributed by atoms with Gasteiger partial charge in [-0.2, -0.15) is 0 Å². The minimum absolute atomic E-state index is 0.310. The number of para-hydroxylation sites is 1.